The van der Waals surface area contributed by atoms with E-state index in [-0.39, 0.29) is 0 Å². The monoisotopic (exact) mass is 227 g/mol. The van der Waals surface area contributed by atoms with Gasteiger partial charge in [-0.3, -0.25) is 0 Å². The highest BCUT2D eigenvalue weighted by Crippen LogP contribution is 2.08. The molecule has 0 rings (SSSR count). The summed E-state index contributed by atoms with van der Waals surface area (Å²) >= 11 is 0. The third kappa shape index (κ3) is 10.2. The van der Waals surface area contributed by atoms with Crippen molar-refractivity contribution in [2.24, 2.45) is 0 Å². The molecule has 1 N–H and O–H groups in total. The minimum absolute atomic E-state index is 0.626. The van der Waals surface area contributed by atoms with Gasteiger partial charge in [0.05, 0.1) is 0 Å². The lowest BCUT2D eigenvalue weighted by Crippen LogP contribution is -2.26. The van der Waals surface area contributed by atoms with Gasteiger partial charge in [0.25, 0.3) is 0 Å². The normalized spacial score (nSPS) is 12.6. The van der Waals surface area contributed by atoms with Crippen LogP contribution in [0.2, 0.25) is 0 Å². The van der Waals surface area contributed by atoms with Gasteiger partial charge < -0.3 is 10.1 Å². The highest BCUT2D eigenvalue weighted by Gasteiger charge is 2.04. The number of hydrogen-bond acceptors (Lipinski definition) is 2. The molecule has 96 valence electrons. The van der Waals surface area contributed by atoms with E-state index < -0.39 is 0 Å². The first-order valence-corrected chi connectivity index (χ1v) is 6.71. The fourth-order valence-corrected chi connectivity index (χ4v) is 1.76. The lowest BCUT2D eigenvalue weighted by molar-refractivity contribution is 0.124. The Morgan fingerprint density at radius 3 is 2.62 bits per heavy atom. The Morgan fingerprint density at radius 1 is 1.19 bits per heavy atom. The molecule has 1 atom stereocenters. The van der Waals surface area contributed by atoms with Gasteiger partial charge in [-0.05, 0) is 39.2 Å². The van der Waals surface area contributed by atoms with Gasteiger partial charge in [0.15, 0.2) is 0 Å². The predicted octanol–water partition coefficient (Wildman–Crippen LogP) is 3.53. The molecule has 0 aliphatic rings. The summed E-state index contributed by atoms with van der Waals surface area (Å²) in [4.78, 5) is 0. The Balaban J connectivity index is 3.32. The van der Waals surface area contributed by atoms with Crippen LogP contribution in [0.1, 0.15) is 51.9 Å². The number of nitrogens with one attached hydrogen (secondary N) is 1. The van der Waals surface area contributed by atoms with E-state index in [0.29, 0.717) is 6.04 Å². The molecule has 0 aromatic heterocycles. The number of rotatable bonds is 12. The van der Waals surface area contributed by atoms with E-state index >= 15 is 0 Å². The summed E-state index contributed by atoms with van der Waals surface area (Å²) in [6.45, 7) is 7.68. The van der Waals surface area contributed by atoms with Gasteiger partial charge in [0.1, 0.15) is 0 Å². The summed E-state index contributed by atoms with van der Waals surface area (Å²) in [6.07, 6.45) is 10.6. The molecule has 1 unspecified atom stereocenters. The molecule has 2 nitrogen and oxygen atoms in total. The van der Waals surface area contributed by atoms with Crippen molar-refractivity contribution in [2.45, 2.75) is 57.9 Å². The SMILES string of the molecule is C=CCCCCCC(CCOCCC)NC. The van der Waals surface area contributed by atoms with Crippen LogP contribution in [0, 0.1) is 0 Å². The molecule has 0 amide bonds. The van der Waals surface area contributed by atoms with Crippen LogP contribution in [0.3, 0.4) is 0 Å². The first kappa shape index (κ1) is 15.7. The average Bonchev–Trinajstić information content (AvgIpc) is 2.31. The molecule has 0 heterocycles. The van der Waals surface area contributed by atoms with Crippen molar-refractivity contribution in [3.8, 4) is 0 Å². The van der Waals surface area contributed by atoms with E-state index in [0.717, 1.165) is 32.5 Å². The quantitative estimate of drug-likeness (QED) is 0.407. The molecule has 0 aliphatic carbocycles. The second-order valence-electron chi connectivity index (χ2n) is 4.31. The van der Waals surface area contributed by atoms with Crippen LogP contribution in [0.15, 0.2) is 12.7 Å². The van der Waals surface area contributed by atoms with Crippen molar-refractivity contribution in [1.82, 2.24) is 5.32 Å². The van der Waals surface area contributed by atoms with Gasteiger partial charge >= 0.3 is 0 Å². The van der Waals surface area contributed by atoms with E-state index in [2.05, 4.69) is 18.8 Å². The molecule has 16 heavy (non-hydrogen) atoms. The molecule has 0 aromatic rings. The lowest BCUT2D eigenvalue weighted by Gasteiger charge is -2.15. The molecule has 2 heteroatoms. The van der Waals surface area contributed by atoms with Gasteiger partial charge in [-0.25, -0.2) is 0 Å². The highest BCUT2D eigenvalue weighted by molar-refractivity contribution is 4.67. The zero-order valence-corrected chi connectivity index (χ0v) is 11.1. The van der Waals surface area contributed by atoms with Crippen LogP contribution in [0.5, 0.6) is 0 Å². The average molecular weight is 227 g/mol. The van der Waals surface area contributed by atoms with E-state index in [1.807, 2.05) is 13.1 Å². The van der Waals surface area contributed by atoms with E-state index in [1.165, 1.54) is 25.7 Å². The Kier molecular flexibility index (Phi) is 12.5. The largest absolute Gasteiger partial charge is 0.381 e. The molecular formula is C14H29NO. The number of ether oxygens (including phenoxy) is 1. The third-order valence-corrected chi connectivity index (χ3v) is 2.83. The maximum absolute atomic E-state index is 5.51. The van der Waals surface area contributed by atoms with Crippen molar-refractivity contribution >= 4 is 0 Å². The lowest BCUT2D eigenvalue weighted by atomic mass is 10.1. The summed E-state index contributed by atoms with van der Waals surface area (Å²) in [7, 11) is 2.05. The highest BCUT2D eigenvalue weighted by atomic mass is 16.5. The standard InChI is InChI=1S/C14H29NO/c1-4-6-7-8-9-10-14(15-3)11-13-16-12-5-2/h4,14-15H,1,5-13H2,2-3H3. The number of hydrogen-bond donors (Lipinski definition) is 1. The second kappa shape index (κ2) is 12.7. The Bertz CT molecular complexity index is 148. The summed E-state index contributed by atoms with van der Waals surface area (Å²) in [6, 6.07) is 0.626. The van der Waals surface area contributed by atoms with Crippen molar-refractivity contribution in [3.05, 3.63) is 12.7 Å². The minimum atomic E-state index is 0.626. The maximum Gasteiger partial charge on any atom is 0.0480 e. The maximum atomic E-state index is 5.51. The van der Waals surface area contributed by atoms with Crippen LogP contribution in [0.25, 0.3) is 0 Å². The van der Waals surface area contributed by atoms with E-state index in [9.17, 15) is 0 Å². The molecule has 0 bridgehead atoms. The predicted molar refractivity (Wildman–Crippen MR) is 71.9 cm³/mol. The molecule has 0 spiro atoms. The summed E-state index contributed by atoms with van der Waals surface area (Å²) in [5.74, 6) is 0. The van der Waals surface area contributed by atoms with Gasteiger partial charge in [-0.15, -0.1) is 6.58 Å². The molecule has 0 saturated heterocycles. The Morgan fingerprint density at radius 2 is 2.00 bits per heavy atom. The number of allylic oxidation sites excluding steroid dienone is 1. The van der Waals surface area contributed by atoms with Crippen LogP contribution in [0.4, 0.5) is 0 Å². The van der Waals surface area contributed by atoms with Crippen LogP contribution < -0.4 is 5.32 Å². The van der Waals surface area contributed by atoms with Gasteiger partial charge in [0.2, 0.25) is 0 Å². The first-order chi connectivity index (χ1) is 7.85. The molecule has 0 aliphatic heterocycles. The minimum Gasteiger partial charge on any atom is -0.381 e. The van der Waals surface area contributed by atoms with Crippen LogP contribution in [-0.4, -0.2) is 26.3 Å². The molecule has 0 fully saturated rings. The second-order valence-corrected chi connectivity index (χ2v) is 4.31. The summed E-state index contributed by atoms with van der Waals surface area (Å²) in [5.41, 5.74) is 0. The molecule has 0 saturated carbocycles. The third-order valence-electron chi connectivity index (χ3n) is 2.83. The zero-order valence-electron chi connectivity index (χ0n) is 11.1. The van der Waals surface area contributed by atoms with Gasteiger partial charge in [-0.1, -0.05) is 25.8 Å². The Hall–Kier alpha value is -0.340. The molecule has 0 aromatic carbocycles. The van der Waals surface area contributed by atoms with Gasteiger partial charge in [-0.2, -0.15) is 0 Å². The molecule has 0 radical (unpaired) electrons. The zero-order chi connectivity index (χ0) is 12.1. The fraction of sp³-hybridized carbons (Fsp3) is 0.857. The van der Waals surface area contributed by atoms with Crippen LogP contribution >= 0.6 is 0 Å². The number of unbranched alkanes of at least 4 members (excludes halogenated alkanes) is 3. The first-order valence-electron chi connectivity index (χ1n) is 6.71. The Labute approximate surface area is 101 Å². The van der Waals surface area contributed by atoms with Crippen molar-refractivity contribution in [2.75, 3.05) is 20.3 Å². The van der Waals surface area contributed by atoms with Crippen molar-refractivity contribution in [1.29, 1.82) is 0 Å². The van der Waals surface area contributed by atoms with Crippen LogP contribution in [-0.2, 0) is 4.74 Å². The summed E-state index contributed by atoms with van der Waals surface area (Å²) in [5, 5.41) is 3.37. The smallest absolute Gasteiger partial charge is 0.0480 e. The van der Waals surface area contributed by atoms with Crippen molar-refractivity contribution < 1.29 is 4.74 Å². The van der Waals surface area contributed by atoms with Gasteiger partial charge in [0, 0.05) is 19.3 Å². The van der Waals surface area contributed by atoms with Crippen molar-refractivity contribution in [3.63, 3.8) is 0 Å². The summed E-state index contributed by atoms with van der Waals surface area (Å²) < 4.78 is 5.51. The molecular weight excluding hydrogens is 198 g/mol. The van der Waals surface area contributed by atoms with E-state index in [4.69, 9.17) is 4.74 Å². The fourth-order valence-electron chi connectivity index (χ4n) is 1.76. The van der Waals surface area contributed by atoms with E-state index in [1.54, 1.807) is 0 Å². The topological polar surface area (TPSA) is 21.3 Å².